The zero-order valence-corrected chi connectivity index (χ0v) is 22.1. The highest BCUT2D eigenvalue weighted by Crippen LogP contribution is 2.33. The largest absolute Gasteiger partial charge is 0.458 e. The molecule has 0 aromatic heterocycles. The molecule has 2 aromatic carbocycles. The maximum absolute atomic E-state index is 12.7. The van der Waals surface area contributed by atoms with Gasteiger partial charge in [-0.25, -0.2) is 4.79 Å². The van der Waals surface area contributed by atoms with Gasteiger partial charge in [0.1, 0.15) is 12.4 Å². The Balaban J connectivity index is 1.35. The lowest BCUT2D eigenvalue weighted by Gasteiger charge is -2.27. The zero-order chi connectivity index (χ0) is 26.5. The van der Waals surface area contributed by atoms with Crippen molar-refractivity contribution in [2.75, 3.05) is 11.5 Å². The van der Waals surface area contributed by atoms with Crippen LogP contribution >= 0.6 is 0 Å². The second-order valence-electron chi connectivity index (χ2n) is 10.2. The van der Waals surface area contributed by atoms with E-state index in [9.17, 15) is 9.59 Å². The Morgan fingerprint density at radius 1 is 0.919 bits per heavy atom. The van der Waals surface area contributed by atoms with Gasteiger partial charge in [0.25, 0.3) is 0 Å². The fourth-order valence-corrected chi connectivity index (χ4v) is 4.85. The van der Waals surface area contributed by atoms with E-state index in [1.54, 1.807) is 36.4 Å². The second-order valence-corrected chi connectivity index (χ2v) is 10.2. The maximum atomic E-state index is 12.7. The van der Waals surface area contributed by atoms with E-state index < -0.39 is 5.97 Å². The van der Waals surface area contributed by atoms with Crippen LogP contribution in [-0.4, -0.2) is 11.9 Å². The monoisotopic (exact) mass is 506 g/mol. The van der Waals surface area contributed by atoms with Gasteiger partial charge in [-0.3, -0.25) is 4.79 Å². The van der Waals surface area contributed by atoms with Crippen LogP contribution in [0.3, 0.4) is 0 Å². The molecule has 200 valence electrons. The van der Waals surface area contributed by atoms with E-state index in [2.05, 4.69) is 6.92 Å². The van der Waals surface area contributed by atoms with Crippen LogP contribution in [0.25, 0.3) is 6.08 Å². The third-order valence-corrected chi connectivity index (χ3v) is 7.20. The topological polar surface area (TPSA) is 105 Å². The minimum Gasteiger partial charge on any atom is -0.458 e. The first kappa shape index (κ1) is 28.3. The van der Waals surface area contributed by atoms with Gasteiger partial charge in [0.05, 0.1) is 5.92 Å². The number of nitrogens with two attached hydrogens (primary N) is 2. The molecule has 3 rings (SSSR count). The summed E-state index contributed by atoms with van der Waals surface area (Å²) in [5.74, 6) is 0.672. The van der Waals surface area contributed by atoms with E-state index in [4.69, 9.17) is 20.9 Å². The van der Waals surface area contributed by atoms with Gasteiger partial charge >= 0.3 is 11.9 Å². The molecular formula is C31H42N2O4. The van der Waals surface area contributed by atoms with Crippen molar-refractivity contribution in [1.29, 1.82) is 0 Å². The van der Waals surface area contributed by atoms with E-state index in [1.807, 2.05) is 12.1 Å². The Morgan fingerprint density at radius 3 is 2.32 bits per heavy atom. The molecule has 2 aromatic rings. The number of nitrogen functional groups attached to an aromatic ring is 2. The molecule has 1 saturated carbocycles. The summed E-state index contributed by atoms with van der Waals surface area (Å²) in [5.41, 5.74) is 14.1. The summed E-state index contributed by atoms with van der Waals surface area (Å²) in [4.78, 5) is 24.7. The van der Waals surface area contributed by atoms with Crippen molar-refractivity contribution in [2.24, 2.45) is 11.8 Å². The number of carbonyl (C=O) groups excluding carboxylic acids is 2. The van der Waals surface area contributed by atoms with Gasteiger partial charge in [0.15, 0.2) is 0 Å². The Kier molecular flexibility index (Phi) is 11.5. The molecule has 0 spiro atoms. The molecule has 0 radical (unpaired) electrons. The van der Waals surface area contributed by atoms with E-state index in [-0.39, 0.29) is 18.5 Å². The molecule has 4 N–H and O–H groups in total. The number of carbonyl (C=O) groups is 2. The third kappa shape index (κ3) is 9.95. The van der Waals surface area contributed by atoms with E-state index >= 15 is 0 Å². The molecule has 1 fully saturated rings. The molecule has 0 aliphatic heterocycles. The molecule has 0 saturated heterocycles. The van der Waals surface area contributed by atoms with E-state index in [0.29, 0.717) is 22.7 Å². The average Bonchev–Trinajstić information content (AvgIpc) is 2.90. The van der Waals surface area contributed by atoms with Crippen LogP contribution < -0.4 is 16.2 Å². The second kappa shape index (κ2) is 15.1. The van der Waals surface area contributed by atoms with Crippen LogP contribution in [0.15, 0.2) is 48.5 Å². The number of benzene rings is 2. The Hall–Kier alpha value is -3.28. The maximum Gasteiger partial charge on any atom is 0.331 e. The third-order valence-electron chi connectivity index (χ3n) is 7.20. The molecule has 6 heteroatoms. The summed E-state index contributed by atoms with van der Waals surface area (Å²) in [7, 11) is 0. The van der Waals surface area contributed by atoms with Crippen LogP contribution in [0.2, 0.25) is 0 Å². The average molecular weight is 507 g/mol. The van der Waals surface area contributed by atoms with Crippen molar-refractivity contribution in [2.45, 2.75) is 84.2 Å². The normalized spacial score (nSPS) is 17.5. The molecule has 37 heavy (non-hydrogen) atoms. The van der Waals surface area contributed by atoms with Gasteiger partial charge < -0.3 is 20.9 Å². The summed E-state index contributed by atoms with van der Waals surface area (Å²) in [6, 6.07) is 12.2. The number of hydrogen-bond donors (Lipinski definition) is 2. The molecule has 0 bridgehead atoms. The number of ether oxygens (including phenoxy) is 2. The molecule has 0 amide bonds. The number of hydrogen-bond acceptors (Lipinski definition) is 6. The van der Waals surface area contributed by atoms with Gasteiger partial charge in [-0.05, 0) is 67.5 Å². The van der Waals surface area contributed by atoms with Crippen molar-refractivity contribution in [3.8, 4) is 5.75 Å². The van der Waals surface area contributed by atoms with Gasteiger partial charge in [-0.1, -0.05) is 70.1 Å². The summed E-state index contributed by atoms with van der Waals surface area (Å²) in [6.07, 6.45) is 16.4. The highest BCUT2D eigenvalue weighted by molar-refractivity contribution is 5.87. The smallest absolute Gasteiger partial charge is 0.331 e. The first-order valence-corrected chi connectivity index (χ1v) is 13.7. The molecule has 1 aliphatic carbocycles. The lowest BCUT2D eigenvalue weighted by molar-refractivity contribution is -0.140. The Labute approximate surface area is 221 Å². The van der Waals surface area contributed by atoms with Crippen LogP contribution in [0.1, 0.15) is 88.7 Å². The van der Waals surface area contributed by atoms with Crippen molar-refractivity contribution >= 4 is 29.4 Å². The highest BCUT2D eigenvalue weighted by Gasteiger charge is 2.27. The molecular weight excluding hydrogens is 464 g/mol. The zero-order valence-electron chi connectivity index (χ0n) is 22.1. The summed E-state index contributed by atoms with van der Waals surface area (Å²) < 4.78 is 10.9. The molecule has 0 atom stereocenters. The van der Waals surface area contributed by atoms with Gasteiger partial charge in [0, 0.05) is 23.0 Å². The minimum absolute atomic E-state index is 0.00904. The summed E-state index contributed by atoms with van der Waals surface area (Å²) >= 11 is 0. The molecule has 6 nitrogen and oxygen atoms in total. The van der Waals surface area contributed by atoms with Crippen molar-refractivity contribution in [3.05, 3.63) is 59.7 Å². The molecule has 0 heterocycles. The minimum atomic E-state index is -0.473. The van der Waals surface area contributed by atoms with Crippen molar-refractivity contribution < 1.29 is 19.1 Å². The fraction of sp³-hybridized carbons (Fsp3) is 0.484. The summed E-state index contributed by atoms with van der Waals surface area (Å²) in [5, 5.41) is 0. The van der Waals surface area contributed by atoms with Crippen LogP contribution in [-0.2, 0) is 20.9 Å². The van der Waals surface area contributed by atoms with Crippen molar-refractivity contribution in [1.82, 2.24) is 0 Å². The van der Waals surface area contributed by atoms with Gasteiger partial charge in [0.2, 0.25) is 0 Å². The molecule has 0 unspecified atom stereocenters. The quantitative estimate of drug-likeness (QED) is 0.0989. The molecule has 1 aliphatic rings. The number of rotatable bonds is 13. The van der Waals surface area contributed by atoms with Crippen LogP contribution in [0.5, 0.6) is 5.75 Å². The van der Waals surface area contributed by atoms with Crippen LogP contribution in [0, 0.1) is 11.8 Å². The summed E-state index contributed by atoms with van der Waals surface area (Å²) in [6.45, 7) is 2.33. The predicted molar refractivity (Wildman–Crippen MR) is 150 cm³/mol. The van der Waals surface area contributed by atoms with Gasteiger partial charge in [-0.15, -0.1) is 0 Å². The number of anilines is 2. The Morgan fingerprint density at radius 2 is 1.62 bits per heavy atom. The van der Waals surface area contributed by atoms with Crippen LogP contribution in [0.4, 0.5) is 11.4 Å². The first-order chi connectivity index (χ1) is 17.9. The SMILES string of the molecule is CCCCCCCCC1CCC(C(=O)Oc2ccc(C=CC(=O)OCc3ccc(N)cc3N)cc2)CC1. The highest BCUT2D eigenvalue weighted by atomic mass is 16.5. The van der Waals surface area contributed by atoms with Crippen molar-refractivity contribution in [3.63, 3.8) is 0 Å². The Bertz CT molecular complexity index is 1020. The van der Waals surface area contributed by atoms with E-state index in [1.165, 1.54) is 51.0 Å². The standard InChI is InChI=1S/C31H42N2O4/c1-2-3-4-5-6-7-8-23-9-14-25(15-10-23)31(35)37-28-18-11-24(12-19-28)13-20-30(34)36-22-26-16-17-27(32)21-29(26)33/h11-13,16-21,23,25H,2-10,14-15,22,32-33H2,1H3. The number of esters is 2. The first-order valence-electron chi connectivity index (χ1n) is 13.7. The fourth-order valence-electron chi connectivity index (χ4n) is 4.85. The lowest BCUT2D eigenvalue weighted by Crippen LogP contribution is -2.25. The lowest BCUT2D eigenvalue weighted by atomic mass is 9.80. The number of unbranched alkanes of at least 4 members (excludes halogenated alkanes) is 5. The predicted octanol–water partition coefficient (Wildman–Crippen LogP) is 7.07. The van der Waals surface area contributed by atoms with E-state index in [0.717, 1.165) is 37.2 Å². The van der Waals surface area contributed by atoms with Gasteiger partial charge in [-0.2, -0.15) is 0 Å².